The Morgan fingerprint density at radius 2 is 1.83 bits per heavy atom. The van der Waals surface area contributed by atoms with Crippen molar-refractivity contribution in [2.45, 2.75) is 0 Å². The minimum Gasteiger partial charge on any atom is -0.366 e. The summed E-state index contributed by atoms with van der Waals surface area (Å²) in [5.41, 5.74) is 4.92. The molecule has 1 aromatic carbocycles. The summed E-state index contributed by atoms with van der Waals surface area (Å²) < 4.78 is 12.4. The number of primary amides is 1. The molecule has 0 aromatic heterocycles. The fourth-order valence-corrected chi connectivity index (χ4v) is 0.889. The molecule has 0 atom stereocenters. The third-order valence-electron chi connectivity index (χ3n) is 1.43. The summed E-state index contributed by atoms with van der Waals surface area (Å²) in [7, 11) is 0. The first-order valence-corrected chi connectivity index (χ1v) is 3.26. The van der Waals surface area contributed by atoms with Crippen LogP contribution in [0.3, 0.4) is 0 Å². The zero-order valence-electron chi connectivity index (χ0n) is 6.17. The minimum atomic E-state index is -1.15. The topological polar surface area (TPSA) is 66.9 Å². The number of hydrogen-bond acceptors (Lipinski definition) is 2. The second-order valence-electron chi connectivity index (χ2n) is 2.22. The number of carbonyl (C=O) groups is 1. The highest BCUT2D eigenvalue weighted by Crippen LogP contribution is 2.08. The van der Waals surface area contributed by atoms with Gasteiger partial charge >= 0.3 is 0 Å². The Morgan fingerprint density at radius 1 is 1.33 bits per heavy atom. The largest absolute Gasteiger partial charge is 0.366 e. The lowest BCUT2D eigenvalue weighted by Crippen LogP contribution is -2.14. The highest BCUT2D eigenvalue weighted by molar-refractivity contribution is 6.05. The maximum absolute atomic E-state index is 12.4. The van der Waals surface area contributed by atoms with Gasteiger partial charge in [-0.25, -0.2) is 0 Å². The van der Waals surface area contributed by atoms with Crippen LogP contribution in [-0.2, 0) is 0 Å². The van der Waals surface area contributed by atoms with Crippen molar-refractivity contribution in [1.82, 2.24) is 0 Å². The summed E-state index contributed by atoms with van der Waals surface area (Å²) >= 11 is 0. The summed E-state index contributed by atoms with van der Waals surface area (Å²) in [5, 5.41) is 6.70. The first-order chi connectivity index (χ1) is 5.63. The Labute approximate surface area is 68.5 Å². The number of halogens is 1. The minimum absolute atomic E-state index is 0.0324. The Balaban J connectivity index is 3.27. The molecule has 0 saturated carbocycles. The van der Waals surface area contributed by atoms with Gasteiger partial charge in [0.05, 0.1) is 5.56 Å². The average Bonchev–Trinajstić information content (AvgIpc) is 2.04. The van der Waals surface area contributed by atoms with E-state index in [-0.39, 0.29) is 11.1 Å². The van der Waals surface area contributed by atoms with Gasteiger partial charge in [0.1, 0.15) is 0 Å². The zero-order chi connectivity index (χ0) is 9.14. The van der Waals surface area contributed by atoms with Crippen molar-refractivity contribution in [3.8, 4) is 0 Å². The molecule has 0 aliphatic rings. The van der Waals surface area contributed by atoms with E-state index in [2.05, 4.69) is 0 Å². The first kappa shape index (κ1) is 8.39. The summed E-state index contributed by atoms with van der Waals surface area (Å²) in [6, 6.07) is 5.82. The lowest BCUT2D eigenvalue weighted by Gasteiger charge is -2.00. The van der Waals surface area contributed by atoms with E-state index in [0.29, 0.717) is 0 Å². The molecular weight excluding hydrogens is 159 g/mol. The molecule has 62 valence electrons. The lowest BCUT2D eigenvalue weighted by molar-refractivity contribution is 0.1000. The second kappa shape index (κ2) is 3.13. The van der Waals surface area contributed by atoms with Crippen LogP contribution >= 0.6 is 0 Å². The van der Waals surface area contributed by atoms with E-state index in [1.54, 1.807) is 6.07 Å². The van der Waals surface area contributed by atoms with Gasteiger partial charge in [-0.1, -0.05) is 12.1 Å². The van der Waals surface area contributed by atoms with Gasteiger partial charge in [0.15, 0.2) is 0 Å². The smallest absolute Gasteiger partial charge is 0.249 e. The molecule has 3 N–H and O–H groups in total. The normalized spacial score (nSPS) is 9.42. The van der Waals surface area contributed by atoms with E-state index in [4.69, 9.17) is 11.1 Å². The molecule has 0 heterocycles. The number of nitrogens with two attached hydrogens (primary N) is 1. The van der Waals surface area contributed by atoms with Crippen molar-refractivity contribution in [1.29, 1.82) is 5.41 Å². The fourth-order valence-electron chi connectivity index (χ4n) is 0.889. The van der Waals surface area contributed by atoms with Gasteiger partial charge in [0.25, 0.3) is 0 Å². The molecule has 0 aliphatic carbocycles. The number of carbonyl (C=O) groups excluding carboxylic acids is 1. The zero-order valence-corrected chi connectivity index (χ0v) is 6.17. The summed E-state index contributed by atoms with van der Waals surface area (Å²) in [4.78, 5) is 10.7. The third kappa shape index (κ3) is 1.47. The van der Waals surface area contributed by atoms with Crippen LogP contribution in [0.1, 0.15) is 15.9 Å². The predicted octanol–water partition coefficient (Wildman–Crippen LogP) is 1.08. The monoisotopic (exact) mass is 166 g/mol. The van der Waals surface area contributed by atoms with Crippen LogP contribution in [0.5, 0.6) is 0 Å². The molecule has 4 heteroatoms. The van der Waals surface area contributed by atoms with Crippen LogP contribution < -0.4 is 5.73 Å². The van der Waals surface area contributed by atoms with Crippen LogP contribution in [0, 0.1) is 5.41 Å². The van der Waals surface area contributed by atoms with Gasteiger partial charge in [0, 0.05) is 5.56 Å². The van der Waals surface area contributed by atoms with Crippen LogP contribution in [0.15, 0.2) is 24.3 Å². The summed E-state index contributed by atoms with van der Waals surface area (Å²) in [6.07, 6.45) is 0. The highest BCUT2D eigenvalue weighted by Gasteiger charge is 2.09. The number of benzene rings is 1. The van der Waals surface area contributed by atoms with Crippen LogP contribution in [0.4, 0.5) is 4.39 Å². The number of amides is 1. The Kier molecular flexibility index (Phi) is 2.19. The SMILES string of the molecule is N=C(F)c1ccccc1C(N)=O. The number of rotatable bonds is 2. The molecule has 0 aliphatic heterocycles. The maximum atomic E-state index is 12.4. The van der Waals surface area contributed by atoms with E-state index in [1.807, 2.05) is 0 Å². The van der Waals surface area contributed by atoms with Crippen molar-refractivity contribution >= 4 is 11.9 Å². The Bertz CT molecular complexity index is 303. The molecule has 0 bridgehead atoms. The Hall–Kier alpha value is -1.71. The second-order valence-corrected chi connectivity index (χ2v) is 2.22. The highest BCUT2D eigenvalue weighted by atomic mass is 19.1. The first-order valence-electron chi connectivity index (χ1n) is 3.26. The van der Waals surface area contributed by atoms with Crippen LogP contribution in [0.2, 0.25) is 0 Å². The maximum Gasteiger partial charge on any atom is 0.249 e. The van der Waals surface area contributed by atoms with E-state index >= 15 is 0 Å². The van der Waals surface area contributed by atoms with Gasteiger partial charge in [-0.15, -0.1) is 0 Å². The molecular formula is C8H7FN2O. The molecule has 1 rings (SSSR count). The van der Waals surface area contributed by atoms with E-state index in [1.165, 1.54) is 18.2 Å². The summed E-state index contributed by atoms with van der Waals surface area (Å²) in [6.45, 7) is 0. The van der Waals surface area contributed by atoms with Crippen molar-refractivity contribution in [2.24, 2.45) is 5.73 Å². The van der Waals surface area contributed by atoms with Gasteiger partial charge in [-0.05, 0) is 12.1 Å². The lowest BCUT2D eigenvalue weighted by atomic mass is 10.1. The van der Waals surface area contributed by atoms with Gasteiger partial charge < -0.3 is 5.73 Å². The molecule has 0 fully saturated rings. The molecule has 0 radical (unpaired) electrons. The summed E-state index contributed by atoms with van der Waals surface area (Å²) in [5.74, 6) is -1.88. The van der Waals surface area contributed by atoms with Gasteiger partial charge in [-0.3, -0.25) is 10.2 Å². The van der Waals surface area contributed by atoms with Crippen molar-refractivity contribution in [3.05, 3.63) is 35.4 Å². The molecule has 0 saturated heterocycles. The van der Waals surface area contributed by atoms with Crippen molar-refractivity contribution < 1.29 is 9.18 Å². The van der Waals surface area contributed by atoms with E-state index < -0.39 is 11.9 Å². The van der Waals surface area contributed by atoms with Crippen LogP contribution in [0.25, 0.3) is 0 Å². The van der Waals surface area contributed by atoms with Gasteiger partial charge in [-0.2, -0.15) is 4.39 Å². The molecule has 1 aromatic rings. The fraction of sp³-hybridized carbons (Fsp3) is 0. The third-order valence-corrected chi connectivity index (χ3v) is 1.43. The Morgan fingerprint density at radius 3 is 2.17 bits per heavy atom. The van der Waals surface area contributed by atoms with Crippen molar-refractivity contribution in [2.75, 3.05) is 0 Å². The van der Waals surface area contributed by atoms with Gasteiger partial charge in [0.2, 0.25) is 11.9 Å². The molecule has 12 heavy (non-hydrogen) atoms. The average molecular weight is 166 g/mol. The van der Waals surface area contributed by atoms with Crippen molar-refractivity contribution in [3.63, 3.8) is 0 Å². The quantitative estimate of drug-likeness (QED) is 0.634. The molecule has 0 unspecified atom stereocenters. The van der Waals surface area contributed by atoms with E-state index in [9.17, 15) is 9.18 Å². The van der Waals surface area contributed by atoms with E-state index in [0.717, 1.165) is 0 Å². The standard InChI is InChI=1S/C8H7FN2O/c9-7(10)5-3-1-2-4-6(5)8(11)12/h1-4,10H,(H2,11,12). The molecule has 1 amide bonds. The number of nitrogens with one attached hydrogen (secondary N) is 1. The number of hydrogen-bond donors (Lipinski definition) is 2. The molecule has 0 spiro atoms. The predicted molar refractivity (Wildman–Crippen MR) is 42.9 cm³/mol. The van der Waals surface area contributed by atoms with Crippen LogP contribution in [-0.4, -0.2) is 11.9 Å². The molecule has 3 nitrogen and oxygen atoms in total.